The molecule has 0 spiro atoms. The largest absolute Gasteiger partial charge is 0.486 e. The molecule has 0 fully saturated rings. The van der Waals surface area contributed by atoms with Gasteiger partial charge in [0.2, 0.25) is 10.0 Å². The first-order valence-electron chi connectivity index (χ1n) is 9.51. The zero-order chi connectivity index (χ0) is 20.3. The zero-order valence-electron chi connectivity index (χ0n) is 15.8. The van der Waals surface area contributed by atoms with Gasteiger partial charge in [0.05, 0.1) is 18.0 Å². The van der Waals surface area contributed by atoms with Crippen LogP contribution in [0.4, 0.5) is 10.5 Å². The maximum absolute atomic E-state index is 12.6. The van der Waals surface area contributed by atoms with Gasteiger partial charge in [0.15, 0.2) is 17.6 Å². The van der Waals surface area contributed by atoms with Crippen LogP contribution in [-0.2, 0) is 16.4 Å². The highest BCUT2D eigenvalue weighted by atomic mass is 32.2. The number of hydrogen-bond acceptors (Lipinski definition) is 5. The highest BCUT2D eigenvalue weighted by molar-refractivity contribution is 7.92. The molecular weight excluding hydrogens is 394 g/mol. The van der Waals surface area contributed by atoms with Gasteiger partial charge in [0.1, 0.15) is 6.61 Å². The summed E-state index contributed by atoms with van der Waals surface area (Å²) in [5, 5.41) is 5.28. The second-order valence-corrected chi connectivity index (χ2v) is 8.91. The SMILES string of the molecule is O=C(NCCS(=O)(=O)N1CCc2ccccc21)NC[C@H]1COc2ccccc2O1. The van der Waals surface area contributed by atoms with Gasteiger partial charge in [-0.2, -0.15) is 0 Å². The normalized spacial score (nSPS) is 17.5. The van der Waals surface area contributed by atoms with E-state index in [9.17, 15) is 13.2 Å². The second kappa shape index (κ2) is 8.20. The molecule has 2 amide bonds. The molecule has 9 heteroatoms. The summed E-state index contributed by atoms with van der Waals surface area (Å²) in [6.07, 6.45) is 0.399. The van der Waals surface area contributed by atoms with E-state index in [1.165, 1.54) is 4.31 Å². The summed E-state index contributed by atoms with van der Waals surface area (Å²) in [4.78, 5) is 12.0. The number of urea groups is 1. The lowest BCUT2D eigenvalue weighted by molar-refractivity contribution is 0.0918. The van der Waals surface area contributed by atoms with Crippen molar-refractivity contribution in [2.45, 2.75) is 12.5 Å². The molecule has 1 atom stereocenters. The van der Waals surface area contributed by atoms with E-state index in [2.05, 4.69) is 10.6 Å². The highest BCUT2D eigenvalue weighted by Gasteiger charge is 2.28. The molecule has 2 aromatic rings. The quantitative estimate of drug-likeness (QED) is 0.743. The van der Waals surface area contributed by atoms with Gasteiger partial charge in [-0.05, 0) is 30.2 Å². The minimum absolute atomic E-state index is 0.0255. The molecule has 0 aliphatic carbocycles. The third-order valence-corrected chi connectivity index (χ3v) is 6.65. The van der Waals surface area contributed by atoms with Crippen molar-refractivity contribution in [1.29, 1.82) is 0 Å². The molecular formula is C20H23N3O5S. The average Bonchev–Trinajstić information content (AvgIpc) is 3.17. The Morgan fingerprint density at radius 2 is 1.83 bits per heavy atom. The first-order chi connectivity index (χ1) is 14.0. The summed E-state index contributed by atoms with van der Waals surface area (Å²) in [5.74, 6) is 1.16. The molecule has 0 unspecified atom stereocenters. The van der Waals surface area contributed by atoms with Crippen LogP contribution in [0.3, 0.4) is 0 Å². The van der Waals surface area contributed by atoms with Crippen molar-refractivity contribution in [3.63, 3.8) is 0 Å². The number of carbonyl (C=O) groups is 1. The predicted octanol–water partition coefficient (Wildman–Crippen LogP) is 1.52. The molecule has 0 aromatic heterocycles. The van der Waals surface area contributed by atoms with Crippen LogP contribution in [0, 0.1) is 0 Å². The Morgan fingerprint density at radius 1 is 1.07 bits per heavy atom. The smallest absolute Gasteiger partial charge is 0.314 e. The van der Waals surface area contributed by atoms with Crippen LogP contribution in [0.25, 0.3) is 0 Å². The minimum atomic E-state index is -3.49. The van der Waals surface area contributed by atoms with Crippen LogP contribution in [0.1, 0.15) is 5.56 Å². The van der Waals surface area contributed by atoms with Crippen molar-refractivity contribution in [1.82, 2.24) is 10.6 Å². The number of anilines is 1. The summed E-state index contributed by atoms with van der Waals surface area (Å²) in [5.41, 5.74) is 1.75. The Balaban J connectivity index is 1.22. The molecule has 2 heterocycles. The van der Waals surface area contributed by atoms with Gasteiger partial charge in [-0.1, -0.05) is 30.3 Å². The maximum atomic E-state index is 12.6. The number of rotatable bonds is 6. The molecule has 0 bridgehead atoms. The highest BCUT2D eigenvalue weighted by Crippen LogP contribution is 2.31. The first kappa shape index (κ1) is 19.4. The van der Waals surface area contributed by atoms with Gasteiger partial charge < -0.3 is 20.1 Å². The van der Waals surface area contributed by atoms with Crippen molar-refractivity contribution in [2.75, 3.05) is 36.3 Å². The third kappa shape index (κ3) is 4.40. The Labute approximate surface area is 169 Å². The van der Waals surface area contributed by atoms with Crippen molar-refractivity contribution in [2.24, 2.45) is 0 Å². The van der Waals surface area contributed by atoms with Gasteiger partial charge in [0, 0.05) is 13.1 Å². The molecule has 2 N–H and O–H groups in total. The Kier molecular flexibility index (Phi) is 5.48. The lowest BCUT2D eigenvalue weighted by Gasteiger charge is -2.26. The van der Waals surface area contributed by atoms with Gasteiger partial charge in [0.25, 0.3) is 0 Å². The number of hydrogen-bond donors (Lipinski definition) is 2. The Hall–Kier alpha value is -2.94. The lowest BCUT2D eigenvalue weighted by Crippen LogP contribution is -2.46. The molecule has 0 saturated carbocycles. The molecule has 4 rings (SSSR count). The number of amides is 2. The fraction of sp³-hybridized carbons (Fsp3) is 0.350. The summed E-state index contributed by atoms with van der Waals surface area (Å²) >= 11 is 0. The van der Waals surface area contributed by atoms with E-state index in [0.717, 1.165) is 11.3 Å². The van der Waals surface area contributed by atoms with Crippen LogP contribution in [0.5, 0.6) is 11.5 Å². The number of benzene rings is 2. The Bertz CT molecular complexity index is 995. The van der Waals surface area contributed by atoms with E-state index in [0.29, 0.717) is 31.1 Å². The van der Waals surface area contributed by atoms with E-state index in [1.54, 1.807) is 0 Å². The van der Waals surface area contributed by atoms with Crippen molar-refractivity contribution in [3.8, 4) is 11.5 Å². The summed E-state index contributed by atoms with van der Waals surface area (Å²) in [7, 11) is -3.49. The number of para-hydroxylation sites is 3. The second-order valence-electron chi connectivity index (χ2n) is 6.90. The summed E-state index contributed by atoms with van der Waals surface area (Å²) in [6, 6.07) is 14.4. The number of ether oxygens (including phenoxy) is 2. The van der Waals surface area contributed by atoms with Gasteiger partial charge >= 0.3 is 6.03 Å². The van der Waals surface area contributed by atoms with E-state index >= 15 is 0 Å². The van der Waals surface area contributed by atoms with Crippen LogP contribution in [0.15, 0.2) is 48.5 Å². The van der Waals surface area contributed by atoms with Crippen molar-refractivity contribution < 1.29 is 22.7 Å². The number of carbonyl (C=O) groups excluding carboxylic acids is 1. The minimum Gasteiger partial charge on any atom is -0.486 e. The summed E-state index contributed by atoms with van der Waals surface area (Å²) in [6.45, 7) is 1.05. The molecule has 2 aromatic carbocycles. The third-order valence-electron chi connectivity index (χ3n) is 4.88. The maximum Gasteiger partial charge on any atom is 0.314 e. The monoisotopic (exact) mass is 417 g/mol. The predicted molar refractivity (Wildman–Crippen MR) is 109 cm³/mol. The topological polar surface area (TPSA) is 97.0 Å². The standard InChI is InChI=1S/C20H23N3O5S/c24-20(22-13-16-14-27-18-7-3-4-8-19(18)28-16)21-10-12-29(25,26)23-11-9-15-5-1-2-6-17(15)23/h1-8,16H,9-14H2,(H2,21,22,24)/t16-/m0/s1. The van der Waals surface area contributed by atoms with Crippen LogP contribution in [-0.4, -0.2) is 52.5 Å². The number of nitrogens with zero attached hydrogens (tertiary/aromatic N) is 1. The van der Waals surface area contributed by atoms with Crippen molar-refractivity contribution in [3.05, 3.63) is 54.1 Å². The lowest BCUT2D eigenvalue weighted by atomic mass is 10.2. The van der Waals surface area contributed by atoms with Crippen molar-refractivity contribution >= 4 is 21.7 Å². The molecule has 2 aliphatic heterocycles. The fourth-order valence-corrected chi connectivity index (χ4v) is 4.86. The summed E-state index contributed by atoms with van der Waals surface area (Å²) < 4.78 is 38.0. The van der Waals surface area contributed by atoms with Gasteiger partial charge in [-0.3, -0.25) is 4.31 Å². The zero-order valence-corrected chi connectivity index (χ0v) is 16.7. The molecule has 2 aliphatic rings. The number of sulfonamides is 1. The molecule has 0 radical (unpaired) electrons. The number of nitrogens with one attached hydrogen (secondary N) is 2. The van der Waals surface area contributed by atoms with E-state index in [-0.39, 0.29) is 24.9 Å². The number of fused-ring (bicyclic) bond motifs is 2. The fourth-order valence-electron chi connectivity index (χ4n) is 3.43. The van der Waals surface area contributed by atoms with Crippen LogP contribution >= 0.6 is 0 Å². The molecule has 29 heavy (non-hydrogen) atoms. The van der Waals surface area contributed by atoms with E-state index in [1.807, 2.05) is 48.5 Å². The Morgan fingerprint density at radius 3 is 2.69 bits per heavy atom. The molecule has 8 nitrogen and oxygen atoms in total. The van der Waals surface area contributed by atoms with Gasteiger partial charge in [-0.25, -0.2) is 13.2 Å². The molecule has 0 saturated heterocycles. The molecule has 154 valence electrons. The van der Waals surface area contributed by atoms with E-state index < -0.39 is 16.1 Å². The van der Waals surface area contributed by atoms with Crippen LogP contribution in [0.2, 0.25) is 0 Å². The van der Waals surface area contributed by atoms with Gasteiger partial charge in [-0.15, -0.1) is 0 Å². The van der Waals surface area contributed by atoms with E-state index in [4.69, 9.17) is 9.47 Å². The average molecular weight is 417 g/mol. The van der Waals surface area contributed by atoms with Crippen LogP contribution < -0.4 is 24.4 Å². The first-order valence-corrected chi connectivity index (χ1v) is 11.1.